The van der Waals surface area contributed by atoms with Gasteiger partial charge in [0.1, 0.15) is 5.75 Å². The molecule has 0 aromatic heterocycles. The highest BCUT2D eigenvalue weighted by atomic mass is 16.4. The van der Waals surface area contributed by atoms with Crippen LogP contribution in [0.2, 0.25) is 0 Å². The van der Waals surface area contributed by atoms with Gasteiger partial charge in [-0.2, -0.15) is 0 Å². The molecule has 5 nitrogen and oxygen atoms in total. The smallest absolute Gasteiger partial charge is 0.308 e. The quantitative estimate of drug-likeness (QED) is 0.775. The first-order chi connectivity index (χ1) is 7.58. The van der Waals surface area contributed by atoms with Crippen LogP contribution in [0.25, 0.3) is 0 Å². The summed E-state index contributed by atoms with van der Waals surface area (Å²) < 4.78 is 0. The maximum Gasteiger partial charge on any atom is 0.308 e. The van der Waals surface area contributed by atoms with E-state index < -0.39 is 11.9 Å². The highest BCUT2D eigenvalue weighted by Gasteiger charge is 2.34. The topological polar surface area (TPSA) is 77.8 Å². The summed E-state index contributed by atoms with van der Waals surface area (Å²) >= 11 is 0. The number of amides is 1. The van der Waals surface area contributed by atoms with Crippen molar-refractivity contribution in [3.63, 3.8) is 0 Å². The molecule has 0 aliphatic carbocycles. The van der Waals surface area contributed by atoms with Gasteiger partial charge in [0.25, 0.3) is 0 Å². The number of phenolic OH excluding ortho intramolecular Hbond substituents is 1. The van der Waals surface area contributed by atoms with Gasteiger partial charge in [-0.15, -0.1) is 0 Å². The molecule has 2 rings (SSSR count). The summed E-state index contributed by atoms with van der Waals surface area (Å²) in [5.74, 6) is -1.78. The molecule has 5 heteroatoms. The lowest BCUT2D eigenvalue weighted by Crippen LogP contribution is -2.25. The fraction of sp³-hybridized carbons (Fsp3) is 0.273. The van der Waals surface area contributed by atoms with Crippen molar-refractivity contribution in [2.45, 2.75) is 6.42 Å². The third-order valence-corrected chi connectivity index (χ3v) is 2.62. The number of phenols is 1. The van der Waals surface area contributed by atoms with Gasteiger partial charge in [-0.05, 0) is 12.1 Å². The summed E-state index contributed by atoms with van der Waals surface area (Å²) in [6, 6.07) is 6.23. The van der Waals surface area contributed by atoms with Gasteiger partial charge >= 0.3 is 5.97 Å². The van der Waals surface area contributed by atoms with Crippen molar-refractivity contribution in [3.05, 3.63) is 24.3 Å². The monoisotopic (exact) mass is 221 g/mol. The molecule has 0 saturated carbocycles. The Morgan fingerprint density at radius 3 is 2.75 bits per heavy atom. The molecule has 2 N–H and O–H groups in total. The molecule has 1 atom stereocenters. The molecular formula is C11H11NO4. The van der Waals surface area contributed by atoms with Crippen LogP contribution in [0.3, 0.4) is 0 Å². The van der Waals surface area contributed by atoms with Crippen LogP contribution in [-0.4, -0.2) is 28.6 Å². The Hall–Kier alpha value is -2.04. The maximum absolute atomic E-state index is 11.6. The van der Waals surface area contributed by atoms with Crippen molar-refractivity contribution in [1.82, 2.24) is 0 Å². The number of rotatable bonds is 2. The number of aromatic hydroxyl groups is 1. The number of carbonyl (C=O) groups is 2. The van der Waals surface area contributed by atoms with Crippen molar-refractivity contribution in [1.29, 1.82) is 0 Å². The second kappa shape index (κ2) is 3.84. The van der Waals surface area contributed by atoms with Crippen molar-refractivity contribution in [2.24, 2.45) is 5.92 Å². The van der Waals surface area contributed by atoms with Gasteiger partial charge in [0.2, 0.25) is 5.91 Å². The van der Waals surface area contributed by atoms with E-state index >= 15 is 0 Å². The molecule has 1 fully saturated rings. The van der Waals surface area contributed by atoms with Crippen molar-refractivity contribution in [3.8, 4) is 5.75 Å². The second-order valence-electron chi connectivity index (χ2n) is 3.76. The molecule has 1 amide bonds. The number of hydrogen-bond donors (Lipinski definition) is 2. The Labute approximate surface area is 91.9 Å². The van der Waals surface area contributed by atoms with E-state index in [2.05, 4.69) is 0 Å². The molecule has 0 unspecified atom stereocenters. The molecule has 16 heavy (non-hydrogen) atoms. The van der Waals surface area contributed by atoms with Gasteiger partial charge in [0, 0.05) is 24.7 Å². The number of hydrogen-bond acceptors (Lipinski definition) is 3. The molecule has 1 aromatic rings. The predicted octanol–water partition coefficient (Wildman–Crippen LogP) is 0.830. The summed E-state index contributed by atoms with van der Waals surface area (Å²) in [4.78, 5) is 23.7. The van der Waals surface area contributed by atoms with Crippen LogP contribution in [0.4, 0.5) is 5.69 Å². The van der Waals surface area contributed by atoms with Crippen molar-refractivity contribution in [2.75, 3.05) is 11.4 Å². The van der Waals surface area contributed by atoms with E-state index in [9.17, 15) is 14.7 Å². The first-order valence-corrected chi connectivity index (χ1v) is 4.90. The fourth-order valence-electron chi connectivity index (χ4n) is 1.78. The molecule has 0 radical (unpaired) electrons. The number of nitrogens with zero attached hydrogens (tertiary/aromatic N) is 1. The molecule has 84 valence electrons. The molecule has 0 bridgehead atoms. The third kappa shape index (κ3) is 1.84. The largest absolute Gasteiger partial charge is 0.508 e. The fourth-order valence-corrected chi connectivity index (χ4v) is 1.78. The third-order valence-electron chi connectivity index (χ3n) is 2.62. The molecule has 1 aliphatic heterocycles. The standard InChI is InChI=1S/C11H11NO4/c13-9-3-1-2-8(5-9)12-6-7(11(15)16)4-10(12)14/h1-3,5,7,13H,4,6H2,(H,15,16)/t7-/m1/s1. The van der Waals surface area contributed by atoms with Crippen molar-refractivity contribution < 1.29 is 19.8 Å². The molecule has 0 spiro atoms. The Bertz CT molecular complexity index is 443. The molecular weight excluding hydrogens is 210 g/mol. The van der Waals surface area contributed by atoms with Crippen LogP contribution >= 0.6 is 0 Å². The summed E-state index contributed by atoms with van der Waals surface area (Å²) in [7, 11) is 0. The van der Waals surface area contributed by atoms with Gasteiger partial charge in [0.15, 0.2) is 0 Å². The average molecular weight is 221 g/mol. The Morgan fingerprint density at radius 2 is 2.19 bits per heavy atom. The predicted molar refractivity (Wildman–Crippen MR) is 56.2 cm³/mol. The van der Waals surface area contributed by atoms with Gasteiger partial charge < -0.3 is 15.1 Å². The van der Waals surface area contributed by atoms with Gasteiger partial charge in [0.05, 0.1) is 5.92 Å². The van der Waals surface area contributed by atoms with Crippen LogP contribution in [0.1, 0.15) is 6.42 Å². The van der Waals surface area contributed by atoms with E-state index in [0.29, 0.717) is 5.69 Å². The van der Waals surface area contributed by atoms with Crippen LogP contribution < -0.4 is 4.90 Å². The van der Waals surface area contributed by atoms with E-state index in [0.717, 1.165) is 0 Å². The first-order valence-electron chi connectivity index (χ1n) is 4.90. The lowest BCUT2D eigenvalue weighted by atomic mass is 10.1. The minimum atomic E-state index is -0.962. The van der Waals surface area contributed by atoms with Crippen LogP contribution in [0.5, 0.6) is 5.75 Å². The number of carboxylic acid groups (broad SMARTS) is 1. The lowest BCUT2D eigenvalue weighted by Gasteiger charge is -2.15. The van der Waals surface area contributed by atoms with E-state index in [-0.39, 0.29) is 24.6 Å². The van der Waals surface area contributed by atoms with E-state index in [1.165, 1.54) is 17.0 Å². The zero-order chi connectivity index (χ0) is 11.7. The summed E-state index contributed by atoms with van der Waals surface area (Å²) in [6.45, 7) is 0.164. The number of aliphatic carboxylic acids is 1. The number of benzene rings is 1. The normalized spacial score (nSPS) is 20.1. The van der Waals surface area contributed by atoms with E-state index in [1.54, 1.807) is 12.1 Å². The molecule has 1 heterocycles. The van der Waals surface area contributed by atoms with Gasteiger partial charge in [-0.1, -0.05) is 6.07 Å². The maximum atomic E-state index is 11.6. The number of carbonyl (C=O) groups excluding carboxylic acids is 1. The van der Waals surface area contributed by atoms with Crippen LogP contribution in [0, 0.1) is 5.92 Å². The zero-order valence-corrected chi connectivity index (χ0v) is 8.46. The van der Waals surface area contributed by atoms with Crippen molar-refractivity contribution >= 4 is 17.6 Å². The summed E-state index contributed by atoms with van der Waals surface area (Å²) in [6.07, 6.45) is 0.0188. The van der Waals surface area contributed by atoms with Gasteiger partial charge in [-0.3, -0.25) is 9.59 Å². The van der Waals surface area contributed by atoms with E-state index in [1.807, 2.05) is 0 Å². The minimum Gasteiger partial charge on any atom is -0.508 e. The minimum absolute atomic E-state index is 0.0188. The molecule has 1 aliphatic rings. The Kier molecular flexibility index (Phi) is 2.52. The summed E-state index contributed by atoms with van der Waals surface area (Å²) in [5, 5.41) is 18.1. The van der Waals surface area contributed by atoms with E-state index in [4.69, 9.17) is 5.11 Å². The van der Waals surface area contributed by atoms with Crippen LogP contribution in [0.15, 0.2) is 24.3 Å². The molecule has 1 saturated heterocycles. The Morgan fingerprint density at radius 1 is 1.44 bits per heavy atom. The lowest BCUT2D eigenvalue weighted by molar-refractivity contribution is -0.141. The highest BCUT2D eigenvalue weighted by molar-refractivity contribution is 5.99. The summed E-state index contributed by atoms with van der Waals surface area (Å²) in [5.41, 5.74) is 0.536. The number of anilines is 1. The van der Waals surface area contributed by atoms with Gasteiger partial charge in [-0.25, -0.2) is 0 Å². The molecule has 1 aromatic carbocycles. The Balaban J connectivity index is 2.23. The van der Waals surface area contributed by atoms with Crippen LogP contribution in [-0.2, 0) is 9.59 Å². The zero-order valence-electron chi connectivity index (χ0n) is 8.46. The first kappa shape index (κ1) is 10.5. The SMILES string of the molecule is O=C(O)[C@@H]1CC(=O)N(c2cccc(O)c2)C1. The second-order valence-corrected chi connectivity index (χ2v) is 3.76. The number of carboxylic acids is 1. The average Bonchev–Trinajstić information content (AvgIpc) is 2.60. The highest BCUT2D eigenvalue weighted by Crippen LogP contribution is 2.27.